The molecule has 112 valence electrons. The molecule has 19 heavy (non-hydrogen) atoms. The first-order valence-corrected chi connectivity index (χ1v) is 8.28. The minimum atomic E-state index is -0.0957. The largest absolute Gasteiger partial charge is 0.394 e. The van der Waals surface area contributed by atoms with Gasteiger partial charge in [0.2, 0.25) is 0 Å². The number of hydrogen-bond acceptors (Lipinski definition) is 3. The quantitative estimate of drug-likeness (QED) is 0.744. The maximum atomic E-state index is 9.65. The number of piperidine rings is 1. The summed E-state index contributed by atoms with van der Waals surface area (Å²) >= 11 is 0. The Balaban J connectivity index is 1.82. The molecule has 1 saturated carbocycles. The maximum absolute atomic E-state index is 9.65. The van der Waals surface area contributed by atoms with Gasteiger partial charge in [-0.15, -0.1) is 0 Å². The molecule has 1 aliphatic carbocycles. The summed E-state index contributed by atoms with van der Waals surface area (Å²) in [5.41, 5.74) is -0.0957. The first-order valence-electron chi connectivity index (χ1n) is 8.28. The Kier molecular flexibility index (Phi) is 5.67. The molecule has 3 heteroatoms. The molecule has 2 rings (SSSR count). The second-order valence-electron chi connectivity index (χ2n) is 6.83. The summed E-state index contributed by atoms with van der Waals surface area (Å²) < 4.78 is 0. The Morgan fingerprint density at radius 2 is 2.05 bits per heavy atom. The molecule has 1 aliphatic heterocycles. The van der Waals surface area contributed by atoms with Crippen LogP contribution in [0.15, 0.2) is 0 Å². The maximum Gasteiger partial charge on any atom is 0.0611 e. The highest BCUT2D eigenvalue weighted by Gasteiger charge is 2.35. The highest BCUT2D eigenvalue weighted by molar-refractivity contribution is 4.91. The van der Waals surface area contributed by atoms with Crippen LogP contribution in [0.25, 0.3) is 0 Å². The lowest BCUT2D eigenvalue weighted by Crippen LogP contribution is -2.50. The molecule has 0 aromatic heterocycles. The number of hydrogen-bond donors (Lipinski definition) is 2. The van der Waals surface area contributed by atoms with Gasteiger partial charge in [-0.1, -0.05) is 13.3 Å². The van der Waals surface area contributed by atoms with Gasteiger partial charge in [0.05, 0.1) is 6.61 Å². The Morgan fingerprint density at radius 3 is 2.79 bits per heavy atom. The van der Waals surface area contributed by atoms with E-state index in [9.17, 15) is 5.11 Å². The van der Waals surface area contributed by atoms with Gasteiger partial charge in [-0.3, -0.25) is 0 Å². The van der Waals surface area contributed by atoms with Gasteiger partial charge in [0.25, 0.3) is 0 Å². The van der Waals surface area contributed by atoms with Crippen molar-refractivity contribution in [2.45, 2.75) is 70.4 Å². The molecular formula is C16H32N2O. The molecule has 2 N–H and O–H groups in total. The van der Waals surface area contributed by atoms with E-state index in [0.29, 0.717) is 0 Å². The fraction of sp³-hybridized carbons (Fsp3) is 1.00. The van der Waals surface area contributed by atoms with Crippen LogP contribution in [-0.4, -0.2) is 47.8 Å². The topological polar surface area (TPSA) is 35.5 Å². The molecule has 0 bridgehead atoms. The Morgan fingerprint density at radius 1 is 1.26 bits per heavy atom. The van der Waals surface area contributed by atoms with Crippen molar-refractivity contribution in [2.75, 3.05) is 26.2 Å². The highest BCUT2D eigenvalue weighted by Crippen LogP contribution is 2.36. The first kappa shape index (κ1) is 15.3. The number of rotatable bonds is 7. The SMILES string of the molecule is CCCNC(C)(CO)CCN1CCCC2CCCC21. The average molecular weight is 268 g/mol. The summed E-state index contributed by atoms with van der Waals surface area (Å²) in [5.74, 6) is 0.970. The van der Waals surface area contributed by atoms with Gasteiger partial charge in [-0.25, -0.2) is 0 Å². The number of likely N-dealkylation sites (tertiary alicyclic amines) is 1. The van der Waals surface area contributed by atoms with Crippen molar-refractivity contribution >= 4 is 0 Å². The summed E-state index contributed by atoms with van der Waals surface area (Å²) in [7, 11) is 0. The molecular weight excluding hydrogens is 236 g/mol. The average Bonchev–Trinajstić information content (AvgIpc) is 2.92. The molecule has 0 amide bonds. The Bertz CT molecular complexity index is 271. The summed E-state index contributed by atoms with van der Waals surface area (Å²) in [4.78, 5) is 2.71. The van der Waals surface area contributed by atoms with E-state index in [2.05, 4.69) is 24.1 Å². The lowest BCUT2D eigenvalue weighted by Gasteiger charge is -2.40. The van der Waals surface area contributed by atoms with Crippen LogP contribution in [0.1, 0.15) is 58.8 Å². The van der Waals surface area contributed by atoms with Gasteiger partial charge in [-0.2, -0.15) is 0 Å². The van der Waals surface area contributed by atoms with E-state index >= 15 is 0 Å². The predicted molar refractivity (Wildman–Crippen MR) is 80.3 cm³/mol. The van der Waals surface area contributed by atoms with Crippen molar-refractivity contribution < 1.29 is 5.11 Å². The van der Waals surface area contributed by atoms with Crippen LogP contribution in [0.5, 0.6) is 0 Å². The third-order valence-corrected chi connectivity index (χ3v) is 5.21. The van der Waals surface area contributed by atoms with Crippen molar-refractivity contribution in [2.24, 2.45) is 5.92 Å². The van der Waals surface area contributed by atoms with Crippen LogP contribution >= 0.6 is 0 Å². The van der Waals surface area contributed by atoms with E-state index in [1.54, 1.807) is 0 Å². The number of aliphatic hydroxyl groups is 1. The summed E-state index contributed by atoms with van der Waals surface area (Å²) in [6.07, 6.45) is 9.30. The fourth-order valence-electron chi connectivity index (χ4n) is 3.88. The van der Waals surface area contributed by atoms with Crippen molar-refractivity contribution in [3.05, 3.63) is 0 Å². The zero-order valence-corrected chi connectivity index (χ0v) is 12.8. The lowest BCUT2D eigenvalue weighted by atomic mass is 9.90. The van der Waals surface area contributed by atoms with Crippen molar-refractivity contribution in [1.29, 1.82) is 0 Å². The number of aliphatic hydroxyl groups excluding tert-OH is 1. The van der Waals surface area contributed by atoms with E-state index in [0.717, 1.165) is 37.9 Å². The summed E-state index contributed by atoms with van der Waals surface area (Å²) in [6, 6.07) is 0.850. The van der Waals surface area contributed by atoms with E-state index < -0.39 is 0 Å². The van der Waals surface area contributed by atoms with E-state index in [4.69, 9.17) is 0 Å². The smallest absolute Gasteiger partial charge is 0.0611 e. The van der Waals surface area contributed by atoms with Gasteiger partial charge < -0.3 is 15.3 Å². The van der Waals surface area contributed by atoms with Gasteiger partial charge in [0.15, 0.2) is 0 Å². The van der Waals surface area contributed by atoms with Crippen LogP contribution in [0, 0.1) is 5.92 Å². The third-order valence-electron chi connectivity index (χ3n) is 5.21. The Hall–Kier alpha value is -0.120. The van der Waals surface area contributed by atoms with Crippen LogP contribution in [0.4, 0.5) is 0 Å². The Labute approximate surface area is 118 Å². The zero-order chi connectivity index (χ0) is 13.7. The van der Waals surface area contributed by atoms with Gasteiger partial charge in [0, 0.05) is 18.1 Å². The van der Waals surface area contributed by atoms with Crippen LogP contribution < -0.4 is 5.32 Å². The van der Waals surface area contributed by atoms with E-state index in [1.165, 1.54) is 38.6 Å². The molecule has 1 heterocycles. The number of fused-ring (bicyclic) bond motifs is 1. The molecule has 3 nitrogen and oxygen atoms in total. The van der Waals surface area contributed by atoms with Gasteiger partial charge in [-0.05, 0) is 64.5 Å². The van der Waals surface area contributed by atoms with Crippen LogP contribution in [0.2, 0.25) is 0 Å². The van der Waals surface area contributed by atoms with E-state index in [-0.39, 0.29) is 12.1 Å². The monoisotopic (exact) mass is 268 g/mol. The molecule has 2 fully saturated rings. The normalized spacial score (nSPS) is 31.1. The predicted octanol–water partition coefficient (Wildman–Crippen LogP) is 2.39. The lowest BCUT2D eigenvalue weighted by molar-refractivity contribution is 0.0870. The minimum Gasteiger partial charge on any atom is -0.394 e. The molecule has 0 aromatic carbocycles. The van der Waals surface area contributed by atoms with Gasteiger partial charge in [0.1, 0.15) is 0 Å². The second kappa shape index (κ2) is 7.05. The molecule has 0 spiro atoms. The molecule has 3 unspecified atom stereocenters. The van der Waals surface area contributed by atoms with E-state index in [1.807, 2.05) is 0 Å². The third kappa shape index (κ3) is 3.93. The summed E-state index contributed by atoms with van der Waals surface area (Å²) in [6.45, 7) is 8.01. The fourth-order valence-corrected chi connectivity index (χ4v) is 3.88. The van der Waals surface area contributed by atoms with Gasteiger partial charge >= 0.3 is 0 Å². The van der Waals surface area contributed by atoms with Crippen molar-refractivity contribution in [3.8, 4) is 0 Å². The van der Waals surface area contributed by atoms with Crippen LogP contribution in [-0.2, 0) is 0 Å². The first-order chi connectivity index (χ1) is 9.18. The van der Waals surface area contributed by atoms with Crippen molar-refractivity contribution in [3.63, 3.8) is 0 Å². The molecule has 2 aliphatic rings. The van der Waals surface area contributed by atoms with Crippen LogP contribution in [0.3, 0.4) is 0 Å². The molecule has 0 aromatic rings. The summed E-state index contributed by atoms with van der Waals surface area (Å²) in [5, 5.41) is 13.2. The second-order valence-corrected chi connectivity index (χ2v) is 6.83. The number of nitrogens with zero attached hydrogens (tertiary/aromatic N) is 1. The molecule has 3 atom stereocenters. The molecule has 0 radical (unpaired) electrons. The minimum absolute atomic E-state index is 0.0957. The highest BCUT2D eigenvalue weighted by atomic mass is 16.3. The standard InChI is InChI=1S/C16H32N2O/c1-3-10-17-16(2,13-19)9-12-18-11-5-7-14-6-4-8-15(14)18/h14-15,17,19H,3-13H2,1-2H3. The number of nitrogens with one attached hydrogen (secondary N) is 1. The zero-order valence-electron chi connectivity index (χ0n) is 12.8. The van der Waals surface area contributed by atoms with Crippen molar-refractivity contribution in [1.82, 2.24) is 10.2 Å². The molecule has 1 saturated heterocycles.